The summed E-state index contributed by atoms with van der Waals surface area (Å²) in [7, 11) is 1.36. The number of carbonyl (C=O) groups excluding carboxylic acids is 2. The van der Waals surface area contributed by atoms with Crippen molar-refractivity contribution in [3.63, 3.8) is 0 Å². The molecule has 0 unspecified atom stereocenters. The fourth-order valence-electron chi connectivity index (χ4n) is 3.58. The Morgan fingerprint density at radius 2 is 2.08 bits per heavy atom. The van der Waals surface area contributed by atoms with Crippen molar-refractivity contribution in [1.29, 1.82) is 0 Å². The number of amides is 1. The summed E-state index contributed by atoms with van der Waals surface area (Å²) in [5.74, 6) is -0.721. The fraction of sp³-hybridized carbons (Fsp3) is 0.474. The Hall–Kier alpha value is -1.85. The van der Waals surface area contributed by atoms with Gasteiger partial charge in [0.05, 0.1) is 25.3 Å². The summed E-state index contributed by atoms with van der Waals surface area (Å²) in [6, 6.07) is 7.24. The third-order valence-electron chi connectivity index (χ3n) is 4.91. The standard InChI is InChI=1S/C19H22ClNO4/c1-12-18(19(23)24-2)16(13-5-7-14(20)8-6-13)10-17(22)21(12)11-15-4-3-9-25-15/h5-8,15-16H,3-4,9-11H2,1-2H3/t15-,16-/m1/s1. The van der Waals surface area contributed by atoms with Crippen molar-refractivity contribution in [2.24, 2.45) is 0 Å². The third kappa shape index (κ3) is 3.72. The van der Waals surface area contributed by atoms with Crippen LogP contribution in [0.25, 0.3) is 0 Å². The molecular formula is C19H22ClNO4. The van der Waals surface area contributed by atoms with E-state index >= 15 is 0 Å². The van der Waals surface area contributed by atoms with Crippen molar-refractivity contribution < 1.29 is 19.1 Å². The highest BCUT2D eigenvalue weighted by molar-refractivity contribution is 6.30. The van der Waals surface area contributed by atoms with Crippen molar-refractivity contribution in [3.05, 3.63) is 46.1 Å². The molecule has 2 heterocycles. The Bertz CT molecular complexity index is 692. The molecule has 1 saturated heterocycles. The van der Waals surface area contributed by atoms with Crippen LogP contribution in [0.4, 0.5) is 0 Å². The van der Waals surface area contributed by atoms with Crippen molar-refractivity contribution in [2.45, 2.75) is 38.2 Å². The molecule has 25 heavy (non-hydrogen) atoms. The van der Waals surface area contributed by atoms with Crippen LogP contribution in [0.5, 0.6) is 0 Å². The Labute approximate surface area is 152 Å². The highest BCUT2D eigenvalue weighted by atomic mass is 35.5. The van der Waals surface area contributed by atoms with Gasteiger partial charge in [0.15, 0.2) is 0 Å². The Kier molecular flexibility index (Phi) is 5.45. The maximum absolute atomic E-state index is 12.8. The van der Waals surface area contributed by atoms with Crippen LogP contribution >= 0.6 is 11.6 Å². The van der Waals surface area contributed by atoms with Crippen LogP contribution in [0.2, 0.25) is 5.02 Å². The van der Waals surface area contributed by atoms with Gasteiger partial charge >= 0.3 is 5.97 Å². The number of allylic oxidation sites excluding steroid dienone is 1. The van der Waals surface area contributed by atoms with Crippen LogP contribution in [0.1, 0.15) is 37.7 Å². The zero-order valence-corrected chi connectivity index (χ0v) is 15.2. The summed E-state index contributed by atoms with van der Waals surface area (Å²) in [6.45, 7) is 3.02. The van der Waals surface area contributed by atoms with Crippen molar-refractivity contribution >= 4 is 23.5 Å². The molecule has 1 aromatic rings. The largest absolute Gasteiger partial charge is 0.466 e. The molecule has 2 aliphatic rings. The monoisotopic (exact) mass is 363 g/mol. The Balaban J connectivity index is 1.96. The normalized spacial score (nSPS) is 24.0. The minimum absolute atomic E-state index is 0.000558. The summed E-state index contributed by atoms with van der Waals surface area (Å²) < 4.78 is 10.6. The first-order valence-corrected chi connectivity index (χ1v) is 8.85. The second-order valence-electron chi connectivity index (χ2n) is 6.44. The van der Waals surface area contributed by atoms with E-state index in [0.29, 0.717) is 22.8 Å². The molecule has 5 nitrogen and oxygen atoms in total. The molecule has 0 aliphatic carbocycles. The van der Waals surface area contributed by atoms with E-state index in [-0.39, 0.29) is 24.3 Å². The van der Waals surface area contributed by atoms with Crippen molar-refractivity contribution in [1.82, 2.24) is 4.90 Å². The number of esters is 1. The highest BCUT2D eigenvalue weighted by Gasteiger charge is 2.37. The van der Waals surface area contributed by atoms with Gasteiger partial charge in [0.1, 0.15) is 0 Å². The van der Waals surface area contributed by atoms with E-state index in [1.54, 1.807) is 24.0 Å². The molecular weight excluding hydrogens is 342 g/mol. The Morgan fingerprint density at radius 3 is 2.68 bits per heavy atom. The predicted molar refractivity (Wildman–Crippen MR) is 94.2 cm³/mol. The number of carbonyl (C=O) groups is 2. The average Bonchev–Trinajstić information content (AvgIpc) is 3.11. The van der Waals surface area contributed by atoms with E-state index in [1.165, 1.54) is 7.11 Å². The first-order valence-electron chi connectivity index (χ1n) is 8.47. The van der Waals surface area contributed by atoms with Gasteiger partial charge in [-0.1, -0.05) is 23.7 Å². The van der Waals surface area contributed by atoms with Gasteiger partial charge in [0.2, 0.25) is 5.91 Å². The molecule has 2 aliphatic heterocycles. The first kappa shape index (κ1) is 18.0. The van der Waals surface area contributed by atoms with E-state index in [4.69, 9.17) is 21.1 Å². The summed E-state index contributed by atoms with van der Waals surface area (Å²) in [5.41, 5.74) is 2.07. The number of nitrogens with zero attached hydrogens (tertiary/aromatic N) is 1. The molecule has 1 aromatic carbocycles. The molecule has 2 atom stereocenters. The second kappa shape index (κ2) is 7.58. The first-order chi connectivity index (χ1) is 12.0. The number of methoxy groups -OCH3 is 1. The lowest BCUT2D eigenvalue weighted by Crippen LogP contribution is -2.42. The molecule has 134 valence electrons. The molecule has 1 fully saturated rings. The quantitative estimate of drug-likeness (QED) is 0.770. The Morgan fingerprint density at radius 1 is 1.36 bits per heavy atom. The minimum Gasteiger partial charge on any atom is -0.466 e. The molecule has 6 heteroatoms. The van der Waals surface area contributed by atoms with Crippen LogP contribution < -0.4 is 0 Å². The zero-order valence-electron chi connectivity index (χ0n) is 14.5. The van der Waals surface area contributed by atoms with Crippen LogP contribution in [0.3, 0.4) is 0 Å². The van der Waals surface area contributed by atoms with E-state index in [1.807, 2.05) is 12.1 Å². The van der Waals surface area contributed by atoms with Gasteiger partial charge in [-0.25, -0.2) is 4.79 Å². The number of hydrogen-bond donors (Lipinski definition) is 0. The van der Waals surface area contributed by atoms with Gasteiger partial charge in [-0.3, -0.25) is 4.79 Å². The molecule has 0 bridgehead atoms. The van der Waals surface area contributed by atoms with Crippen molar-refractivity contribution in [2.75, 3.05) is 20.3 Å². The van der Waals surface area contributed by atoms with Gasteiger partial charge in [0, 0.05) is 29.7 Å². The maximum atomic E-state index is 12.8. The molecule has 0 aromatic heterocycles. The third-order valence-corrected chi connectivity index (χ3v) is 5.16. The van der Waals surface area contributed by atoms with E-state index in [9.17, 15) is 9.59 Å². The van der Waals surface area contributed by atoms with Gasteiger partial charge in [-0.05, 0) is 37.5 Å². The predicted octanol–water partition coefficient (Wildman–Crippen LogP) is 3.28. The molecule has 3 rings (SSSR count). The fourth-order valence-corrected chi connectivity index (χ4v) is 3.71. The number of hydrogen-bond acceptors (Lipinski definition) is 4. The van der Waals surface area contributed by atoms with E-state index in [0.717, 1.165) is 25.0 Å². The van der Waals surface area contributed by atoms with Crippen molar-refractivity contribution in [3.8, 4) is 0 Å². The van der Waals surface area contributed by atoms with Crippen LogP contribution in [0, 0.1) is 0 Å². The molecule has 0 spiro atoms. The molecule has 0 radical (unpaired) electrons. The topological polar surface area (TPSA) is 55.8 Å². The number of ether oxygens (including phenoxy) is 2. The molecule has 0 saturated carbocycles. The van der Waals surface area contributed by atoms with Gasteiger partial charge in [0.25, 0.3) is 0 Å². The summed E-state index contributed by atoms with van der Waals surface area (Å²) >= 11 is 5.96. The zero-order chi connectivity index (χ0) is 18.0. The minimum atomic E-state index is -0.401. The summed E-state index contributed by atoms with van der Waals surface area (Å²) in [6.07, 6.45) is 2.21. The van der Waals surface area contributed by atoms with Crippen LogP contribution in [0.15, 0.2) is 35.5 Å². The van der Waals surface area contributed by atoms with Crippen LogP contribution in [-0.4, -0.2) is 43.1 Å². The summed E-state index contributed by atoms with van der Waals surface area (Å²) in [4.78, 5) is 26.9. The second-order valence-corrected chi connectivity index (χ2v) is 6.87. The lowest BCUT2D eigenvalue weighted by atomic mass is 9.83. The number of benzene rings is 1. The lowest BCUT2D eigenvalue weighted by Gasteiger charge is -2.35. The van der Waals surface area contributed by atoms with E-state index in [2.05, 4.69) is 0 Å². The van der Waals surface area contributed by atoms with E-state index < -0.39 is 5.97 Å². The number of rotatable bonds is 4. The SMILES string of the molecule is COC(=O)C1=C(C)N(C[C@H]2CCCO2)C(=O)C[C@@H]1c1ccc(Cl)cc1. The molecule has 0 N–H and O–H groups in total. The van der Waals surface area contributed by atoms with Crippen LogP contribution in [-0.2, 0) is 19.1 Å². The number of halogens is 1. The van der Waals surface area contributed by atoms with Gasteiger partial charge in [-0.2, -0.15) is 0 Å². The smallest absolute Gasteiger partial charge is 0.336 e. The summed E-state index contributed by atoms with van der Waals surface area (Å²) in [5, 5.41) is 0.617. The molecule has 1 amide bonds. The highest BCUT2D eigenvalue weighted by Crippen LogP contribution is 2.37. The van der Waals surface area contributed by atoms with Gasteiger partial charge in [-0.15, -0.1) is 0 Å². The van der Waals surface area contributed by atoms with Gasteiger partial charge < -0.3 is 14.4 Å². The lowest BCUT2D eigenvalue weighted by molar-refractivity contribution is -0.138. The maximum Gasteiger partial charge on any atom is 0.336 e. The average molecular weight is 364 g/mol.